The summed E-state index contributed by atoms with van der Waals surface area (Å²) < 4.78 is 10.8. The molecule has 2 aromatic carbocycles. The number of nitrogens with zero attached hydrogens (tertiary/aromatic N) is 1. The Bertz CT molecular complexity index is 949. The maximum Gasteiger partial charge on any atom is 0.338 e. The van der Waals surface area contributed by atoms with Crippen LogP contribution in [0.25, 0.3) is 10.9 Å². The Kier molecular flexibility index (Phi) is 6.57. The molecule has 1 heterocycles. The molecule has 28 heavy (non-hydrogen) atoms. The molecule has 0 saturated heterocycles. The first-order valence-electron chi connectivity index (χ1n) is 9.21. The van der Waals surface area contributed by atoms with Gasteiger partial charge in [-0.25, -0.2) is 4.79 Å². The van der Waals surface area contributed by atoms with Gasteiger partial charge in [-0.1, -0.05) is 31.5 Å². The summed E-state index contributed by atoms with van der Waals surface area (Å²) in [5.41, 5.74) is 1.74. The van der Waals surface area contributed by atoms with Crippen LogP contribution in [0.3, 0.4) is 0 Å². The Morgan fingerprint density at radius 2 is 1.82 bits per heavy atom. The molecular weight excluding hydrogens is 356 g/mol. The summed E-state index contributed by atoms with van der Waals surface area (Å²) in [5.74, 6) is -0.109. The van der Waals surface area contributed by atoms with Crippen LogP contribution in [0, 0.1) is 0 Å². The molecule has 6 heteroatoms. The number of aromatic nitrogens is 1. The molecule has 0 aliphatic carbocycles. The molecular formula is C22H22N2O4. The molecule has 1 aromatic heterocycles. The zero-order chi connectivity index (χ0) is 19.8. The van der Waals surface area contributed by atoms with E-state index in [1.54, 1.807) is 36.5 Å². The third-order valence-electron chi connectivity index (χ3n) is 4.09. The van der Waals surface area contributed by atoms with Crippen LogP contribution in [0.2, 0.25) is 0 Å². The van der Waals surface area contributed by atoms with Crippen molar-refractivity contribution >= 4 is 28.5 Å². The number of ether oxygens (including phenoxy) is 2. The Hall–Kier alpha value is -3.41. The first-order chi connectivity index (χ1) is 13.7. The number of rotatable bonds is 8. The summed E-state index contributed by atoms with van der Waals surface area (Å²) in [7, 11) is 0. The van der Waals surface area contributed by atoms with Gasteiger partial charge in [-0.05, 0) is 42.8 Å². The lowest BCUT2D eigenvalue weighted by Gasteiger charge is -2.10. The molecule has 0 spiro atoms. The maximum absolute atomic E-state index is 12.2. The SMILES string of the molecule is CCCCOC(=O)c1ccc(NC(=O)COc2cccc3cccnc23)cc1. The first kappa shape index (κ1) is 19.4. The van der Waals surface area contributed by atoms with Crippen molar-refractivity contribution in [2.24, 2.45) is 0 Å². The lowest BCUT2D eigenvalue weighted by Crippen LogP contribution is -2.20. The summed E-state index contributed by atoms with van der Waals surface area (Å²) in [6, 6.07) is 15.9. The number of anilines is 1. The second kappa shape index (κ2) is 9.50. The van der Waals surface area contributed by atoms with Crippen molar-refractivity contribution in [3.05, 3.63) is 66.4 Å². The number of pyridine rings is 1. The van der Waals surface area contributed by atoms with Crippen molar-refractivity contribution in [1.82, 2.24) is 4.98 Å². The highest BCUT2D eigenvalue weighted by molar-refractivity contribution is 5.94. The van der Waals surface area contributed by atoms with Crippen molar-refractivity contribution in [3.8, 4) is 5.75 Å². The topological polar surface area (TPSA) is 77.5 Å². The van der Waals surface area contributed by atoms with Gasteiger partial charge in [0.15, 0.2) is 6.61 Å². The molecule has 0 aliphatic rings. The van der Waals surface area contributed by atoms with Gasteiger partial charge in [-0.2, -0.15) is 0 Å². The largest absolute Gasteiger partial charge is 0.481 e. The van der Waals surface area contributed by atoms with E-state index >= 15 is 0 Å². The van der Waals surface area contributed by atoms with Crippen molar-refractivity contribution in [2.75, 3.05) is 18.5 Å². The van der Waals surface area contributed by atoms with Crippen LogP contribution in [0.1, 0.15) is 30.1 Å². The third-order valence-corrected chi connectivity index (χ3v) is 4.09. The minimum Gasteiger partial charge on any atom is -0.481 e. The molecule has 144 valence electrons. The summed E-state index contributed by atoms with van der Waals surface area (Å²) in [6.07, 6.45) is 3.49. The van der Waals surface area contributed by atoms with Crippen LogP contribution in [0.15, 0.2) is 60.8 Å². The molecule has 0 unspecified atom stereocenters. The fraction of sp³-hybridized carbons (Fsp3) is 0.227. The quantitative estimate of drug-likeness (QED) is 0.469. The van der Waals surface area contributed by atoms with Gasteiger partial charge in [0.2, 0.25) is 0 Å². The normalized spacial score (nSPS) is 10.5. The number of fused-ring (bicyclic) bond motifs is 1. The highest BCUT2D eigenvalue weighted by Crippen LogP contribution is 2.22. The molecule has 0 fully saturated rings. The van der Waals surface area contributed by atoms with Crippen molar-refractivity contribution < 1.29 is 19.1 Å². The van der Waals surface area contributed by atoms with E-state index in [9.17, 15) is 9.59 Å². The Labute approximate surface area is 163 Å². The predicted octanol–water partition coefficient (Wildman–Crippen LogP) is 4.21. The van der Waals surface area contributed by atoms with Crippen LogP contribution >= 0.6 is 0 Å². The lowest BCUT2D eigenvalue weighted by atomic mass is 10.2. The Balaban J connectivity index is 1.54. The van der Waals surface area contributed by atoms with Crippen molar-refractivity contribution in [3.63, 3.8) is 0 Å². The zero-order valence-electron chi connectivity index (χ0n) is 15.7. The molecule has 6 nitrogen and oxygen atoms in total. The third kappa shape index (κ3) is 5.07. The van der Waals surface area contributed by atoms with Crippen molar-refractivity contribution in [2.45, 2.75) is 19.8 Å². The van der Waals surface area contributed by atoms with E-state index in [-0.39, 0.29) is 18.5 Å². The number of esters is 1. The summed E-state index contributed by atoms with van der Waals surface area (Å²) in [6.45, 7) is 2.30. The van der Waals surface area contributed by atoms with Gasteiger partial charge in [0, 0.05) is 17.3 Å². The average Bonchev–Trinajstić information content (AvgIpc) is 2.73. The van der Waals surface area contributed by atoms with Crippen LogP contribution in [-0.4, -0.2) is 30.1 Å². The standard InChI is InChI=1S/C22H22N2O4/c1-2-3-14-27-22(26)17-9-11-18(12-10-17)24-20(25)15-28-19-8-4-6-16-7-5-13-23-21(16)19/h4-13H,2-3,14-15H2,1H3,(H,24,25). The van der Waals surface area contributed by atoms with Crippen LogP contribution in [-0.2, 0) is 9.53 Å². The molecule has 3 aromatic rings. The fourth-order valence-corrected chi connectivity index (χ4v) is 2.62. The predicted molar refractivity (Wildman–Crippen MR) is 108 cm³/mol. The van der Waals surface area contributed by atoms with E-state index in [4.69, 9.17) is 9.47 Å². The van der Waals surface area contributed by atoms with Gasteiger partial charge in [0.25, 0.3) is 5.91 Å². The van der Waals surface area contributed by atoms with E-state index in [1.807, 2.05) is 31.2 Å². The summed E-state index contributed by atoms with van der Waals surface area (Å²) in [5, 5.41) is 3.69. The van der Waals surface area contributed by atoms with Gasteiger partial charge >= 0.3 is 5.97 Å². The Morgan fingerprint density at radius 1 is 1.04 bits per heavy atom. The van der Waals surface area contributed by atoms with Gasteiger partial charge in [0.1, 0.15) is 11.3 Å². The van der Waals surface area contributed by atoms with Gasteiger partial charge < -0.3 is 14.8 Å². The number of unbranched alkanes of at least 4 members (excludes halogenated alkanes) is 1. The molecule has 1 N–H and O–H groups in total. The molecule has 0 aliphatic heterocycles. The highest BCUT2D eigenvalue weighted by Gasteiger charge is 2.09. The van der Waals surface area contributed by atoms with E-state index < -0.39 is 0 Å². The van der Waals surface area contributed by atoms with Crippen molar-refractivity contribution in [1.29, 1.82) is 0 Å². The second-order valence-electron chi connectivity index (χ2n) is 6.23. The number of para-hydroxylation sites is 1. The highest BCUT2D eigenvalue weighted by atomic mass is 16.5. The van der Waals surface area contributed by atoms with Gasteiger partial charge in [-0.3, -0.25) is 9.78 Å². The average molecular weight is 378 g/mol. The van der Waals surface area contributed by atoms with E-state index in [0.717, 1.165) is 18.2 Å². The number of hydrogen-bond donors (Lipinski definition) is 1. The van der Waals surface area contributed by atoms with Gasteiger partial charge in [-0.15, -0.1) is 0 Å². The van der Waals surface area contributed by atoms with E-state index in [1.165, 1.54) is 0 Å². The van der Waals surface area contributed by atoms with Crippen LogP contribution in [0.5, 0.6) is 5.75 Å². The number of benzene rings is 2. The minimum atomic E-state index is -0.363. The number of carbonyl (C=O) groups is 2. The lowest BCUT2D eigenvalue weighted by molar-refractivity contribution is -0.118. The monoisotopic (exact) mass is 378 g/mol. The van der Waals surface area contributed by atoms with Crippen LogP contribution in [0.4, 0.5) is 5.69 Å². The number of amides is 1. The fourth-order valence-electron chi connectivity index (χ4n) is 2.62. The van der Waals surface area contributed by atoms with E-state index in [0.29, 0.717) is 29.1 Å². The minimum absolute atomic E-state index is 0.142. The maximum atomic E-state index is 12.2. The molecule has 0 radical (unpaired) electrons. The first-order valence-corrected chi connectivity index (χ1v) is 9.21. The Morgan fingerprint density at radius 3 is 2.61 bits per heavy atom. The molecule has 0 bridgehead atoms. The number of nitrogens with one attached hydrogen (secondary N) is 1. The second-order valence-corrected chi connectivity index (χ2v) is 6.23. The number of carbonyl (C=O) groups excluding carboxylic acids is 2. The summed E-state index contributed by atoms with van der Waals surface area (Å²) in [4.78, 5) is 28.3. The number of hydrogen-bond acceptors (Lipinski definition) is 5. The summed E-state index contributed by atoms with van der Waals surface area (Å²) >= 11 is 0. The zero-order valence-corrected chi connectivity index (χ0v) is 15.7. The molecule has 0 saturated carbocycles. The van der Waals surface area contributed by atoms with Crippen LogP contribution < -0.4 is 10.1 Å². The molecule has 0 atom stereocenters. The smallest absolute Gasteiger partial charge is 0.338 e. The van der Waals surface area contributed by atoms with Gasteiger partial charge in [0.05, 0.1) is 12.2 Å². The van der Waals surface area contributed by atoms with E-state index in [2.05, 4.69) is 10.3 Å². The molecule has 3 rings (SSSR count). The molecule has 1 amide bonds.